The number of aliphatic hydroxyl groups is 1. The minimum atomic E-state index is -1.75. The zero-order chi connectivity index (χ0) is 18.7. The third-order valence-corrected chi connectivity index (χ3v) is 4.38. The summed E-state index contributed by atoms with van der Waals surface area (Å²) in [5.41, 5.74) is -0.989. The Hall–Kier alpha value is -3.18. The summed E-state index contributed by atoms with van der Waals surface area (Å²) in [5.74, 6) is -2.23. The van der Waals surface area contributed by atoms with Crippen molar-refractivity contribution in [2.24, 2.45) is 0 Å². The van der Waals surface area contributed by atoms with E-state index in [0.717, 1.165) is 12.1 Å². The first-order valence-corrected chi connectivity index (χ1v) is 7.80. The quantitative estimate of drug-likeness (QED) is 0.760. The summed E-state index contributed by atoms with van der Waals surface area (Å²) in [6.45, 7) is 1.60. The first-order valence-electron chi connectivity index (χ1n) is 7.80. The monoisotopic (exact) mass is 355 g/mol. The number of pyridine rings is 1. The molecule has 132 valence electrons. The van der Waals surface area contributed by atoms with Gasteiger partial charge in [-0.05, 0) is 17.7 Å². The molecule has 2 heterocycles. The number of nitrogens with zero attached hydrogens (tertiary/aromatic N) is 5. The van der Waals surface area contributed by atoms with Crippen LogP contribution in [0.5, 0.6) is 0 Å². The topological polar surface area (TPSA) is 87.6 Å². The van der Waals surface area contributed by atoms with Gasteiger partial charge in [-0.1, -0.05) is 19.1 Å². The molecule has 0 aliphatic carbocycles. The van der Waals surface area contributed by atoms with Crippen molar-refractivity contribution in [1.82, 2.24) is 19.7 Å². The van der Waals surface area contributed by atoms with Gasteiger partial charge in [-0.3, -0.25) is 0 Å². The molecule has 0 spiro atoms. The minimum Gasteiger partial charge on any atom is -0.382 e. The molecule has 8 heteroatoms. The summed E-state index contributed by atoms with van der Waals surface area (Å²) < 4.78 is 29.2. The first-order chi connectivity index (χ1) is 12.4. The van der Waals surface area contributed by atoms with Crippen molar-refractivity contribution in [1.29, 1.82) is 5.26 Å². The summed E-state index contributed by atoms with van der Waals surface area (Å²) in [4.78, 5) is 7.83. The van der Waals surface area contributed by atoms with Crippen LogP contribution in [0.15, 0.2) is 49.2 Å². The lowest BCUT2D eigenvalue weighted by atomic mass is 9.78. The van der Waals surface area contributed by atoms with E-state index in [4.69, 9.17) is 5.26 Å². The Morgan fingerprint density at radius 3 is 2.69 bits per heavy atom. The zero-order valence-corrected chi connectivity index (χ0v) is 13.8. The molecule has 0 fully saturated rings. The van der Waals surface area contributed by atoms with Crippen LogP contribution in [-0.4, -0.2) is 24.9 Å². The highest BCUT2D eigenvalue weighted by molar-refractivity contribution is 5.33. The molecule has 0 saturated heterocycles. The van der Waals surface area contributed by atoms with Crippen LogP contribution in [0.25, 0.3) is 0 Å². The van der Waals surface area contributed by atoms with Gasteiger partial charge in [0.1, 0.15) is 41.7 Å². The normalized spacial score (nSPS) is 14.4. The van der Waals surface area contributed by atoms with Crippen molar-refractivity contribution in [3.8, 4) is 6.07 Å². The van der Waals surface area contributed by atoms with Gasteiger partial charge in [0, 0.05) is 23.7 Å². The van der Waals surface area contributed by atoms with E-state index in [2.05, 4.69) is 15.1 Å². The van der Waals surface area contributed by atoms with E-state index in [-0.39, 0.29) is 17.8 Å². The molecule has 3 rings (SSSR count). The van der Waals surface area contributed by atoms with Gasteiger partial charge in [-0.2, -0.15) is 10.4 Å². The molecule has 2 atom stereocenters. The molecular weight excluding hydrogens is 340 g/mol. The van der Waals surface area contributed by atoms with Crippen LogP contribution >= 0.6 is 0 Å². The summed E-state index contributed by atoms with van der Waals surface area (Å²) >= 11 is 0. The Labute approximate surface area is 148 Å². The van der Waals surface area contributed by atoms with Crippen molar-refractivity contribution in [3.05, 3.63) is 77.6 Å². The van der Waals surface area contributed by atoms with Crippen molar-refractivity contribution in [2.75, 3.05) is 0 Å². The molecule has 2 unspecified atom stereocenters. The molecule has 3 aromatic rings. The third kappa shape index (κ3) is 3.30. The summed E-state index contributed by atoms with van der Waals surface area (Å²) in [6, 6.07) is 8.11. The predicted octanol–water partition coefficient (Wildman–Crippen LogP) is 2.51. The summed E-state index contributed by atoms with van der Waals surface area (Å²) in [7, 11) is 0. The van der Waals surface area contributed by atoms with Crippen molar-refractivity contribution >= 4 is 0 Å². The molecule has 1 N–H and O–H groups in total. The Kier molecular flexibility index (Phi) is 4.73. The van der Waals surface area contributed by atoms with Gasteiger partial charge in [0.15, 0.2) is 0 Å². The Balaban J connectivity index is 2.08. The second-order valence-electron chi connectivity index (χ2n) is 5.95. The average Bonchev–Trinajstić information content (AvgIpc) is 3.13. The average molecular weight is 355 g/mol. The van der Waals surface area contributed by atoms with E-state index in [9.17, 15) is 13.9 Å². The fourth-order valence-electron chi connectivity index (χ4n) is 2.86. The highest BCUT2D eigenvalue weighted by Crippen LogP contribution is 2.39. The Bertz CT molecular complexity index is 937. The largest absolute Gasteiger partial charge is 0.382 e. The van der Waals surface area contributed by atoms with Gasteiger partial charge >= 0.3 is 0 Å². The predicted molar refractivity (Wildman–Crippen MR) is 87.6 cm³/mol. The summed E-state index contributed by atoms with van der Waals surface area (Å²) in [6.07, 6.45) is 4.16. The molecule has 0 aliphatic rings. The van der Waals surface area contributed by atoms with E-state index >= 15 is 0 Å². The van der Waals surface area contributed by atoms with Crippen LogP contribution in [0.1, 0.15) is 29.7 Å². The molecule has 0 aliphatic heterocycles. The van der Waals surface area contributed by atoms with E-state index in [1.807, 2.05) is 6.07 Å². The highest BCUT2D eigenvalue weighted by atomic mass is 19.1. The lowest BCUT2D eigenvalue weighted by molar-refractivity contribution is -0.0113. The van der Waals surface area contributed by atoms with Crippen molar-refractivity contribution in [3.63, 3.8) is 0 Å². The Morgan fingerprint density at radius 2 is 2.12 bits per heavy atom. The third-order valence-electron chi connectivity index (χ3n) is 4.38. The van der Waals surface area contributed by atoms with Crippen LogP contribution in [0.3, 0.4) is 0 Å². The van der Waals surface area contributed by atoms with Gasteiger partial charge in [-0.15, -0.1) is 0 Å². The second kappa shape index (κ2) is 6.98. The van der Waals surface area contributed by atoms with Gasteiger partial charge in [-0.25, -0.2) is 23.4 Å². The van der Waals surface area contributed by atoms with Crippen LogP contribution in [0.2, 0.25) is 0 Å². The second-order valence-corrected chi connectivity index (χ2v) is 5.95. The molecule has 0 radical (unpaired) electrons. The molecule has 0 amide bonds. The van der Waals surface area contributed by atoms with Crippen LogP contribution in [0.4, 0.5) is 8.78 Å². The number of hydrogen-bond acceptors (Lipinski definition) is 5. The highest BCUT2D eigenvalue weighted by Gasteiger charge is 2.40. The zero-order valence-electron chi connectivity index (χ0n) is 13.8. The molecule has 2 aromatic heterocycles. The first kappa shape index (κ1) is 17.6. The molecule has 1 aromatic carbocycles. The lowest BCUT2D eigenvalue weighted by Gasteiger charge is -2.35. The molecule has 26 heavy (non-hydrogen) atoms. The Morgan fingerprint density at radius 1 is 1.31 bits per heavy atom. The molecule has 0 bridgehead atoms. The maximum atomic E-state index is 14.5. The SMILES string of the molecule is CC(c1ccc(C#N)nc1)C(O)(Cn1cncn1)c1ccc(F)cc1F. The fraction of sp³-hybridized carbons (Fsp3) is 0.222. The molecular formula is C18H15F2N5O. The lowest BCUT2D eigenvalue weighted by Crippen LogP contribution is -2.38. The van der Waals surface area contributed by atoms with Gasteiger partial charge < -0.3 is 5.11 Å². The molecule has 0 saturated carbocycles. The van der Waals surface area contributed by atoms with E-state index in [1.54, 1.807) is 13.0 Å². The number of rotatable bonds is 5. The number of benzene rings is 1. The number of halogens is 2. The van der Waals surface area contributed by atoms with Crippen LogP contribution in [-0.2, 0) is 12.1 Å². The maximum absolute atomic E-state index is 14.5. The fourth-order valence-corrected chi connectivity index (χ4v) is 2.86. The molecule has 6 nitrogen and oxygen atoms in total. The van der Waals surface area contributed by atoms with Crippen molar-refractivity contribution < 1.29 is 13.9 Å². The number of nitriles is 1. The number of hydrogen-bond donors (Lipinski definition) is 1. The van der Waals surface area contributed by atoms with Crippen LogP contribution < -0.4 is 0 Å². The summed E-state index contributed by atoms with van der Waals surface area (Å²) in [5, 5.41) is 24.3. The van der Waals surface area contributed by atoms with E-state index < -0.39 is 23.2 Å². The van der Waals surface area contributed by atoms with E-state index in [1.165, 1.54) is 35.7 Å². The standard InChI is InChI=1S/C18H15F2N5O/c1-12(13-2-4-15(7-21)23-8-13)18(26,9-25-11-22-10-24-25)16-5-3-14(19)6-17(16)20/h2-6,8,10-12,26H,9H2,1H3. The minimum absolute atomic E-state index is 0.0636. The van der Waals surface area contributed by atoms with Crippen molar-refractivity contribution in [2.45, 2.75) is 25.0 Å². The van der Waals surface area contributed by atoms with Crippen LogP contribution in [0, 0.1) is 23.0 Å². The smallest absolute Gasteiger partial charge is 0.140 e. The van der Waals surface area contributed by atoms with E-state index in [0.29, 0.717) is 5.56 Å². The number of aromatic nitrogens is 4. The van der Waals surface area contributed by atoms with Gasteiger partial charge in [0.25, 0.3) is 0 Å². The maximum Gasteiger partial charge on any atom is 0.140 e. The van der Waals surface area contributed by atoms with Gasteiger partial charge in [0.2, 0.25) is 0 Å². The van der Waals surface area contributed by atoms with Gasteiger partial charge in [0.05, 0.1) is 6.54 Å².